The van der Waals surface area contributed by atoms with Gasteiger partial charge < -0.3 is 14.2 Å². The van der Waals surface area contributed by atoms with Gasteiger partial charge in [0.2, 0.25) is 0 Å². The van der Waals surface area contributed by atoms with Crippen molar-refractivity contribution in [1.82, 2.24) is 5.16 Å². The highest BCUT2D eigenvalue weighted by Crippen LogP contribution is 2.46. The first-order valence-electron chi connectivity index (χ1n) is 12.8. The number of halogens is 4. The minimum atomic E-state index is -3.03. The molecule has 3 aromatic rings. The Morgan fingerprint density at radius 2 is 1.76 bits per heavy atom. The SMILES string of the molecule is C[Si](C)(C)C#Cc1ccc(N2CCC(OCc3c(-c4c(Cl)cccc4Cl)noc3C3CC3)C(F)(F)C2)cc1. The number of ether oxygens (including phenoxy) is 1. The molecule has 1 unspecified atom stereocenters. The Balaban J connectivity index is 1.29. The quantitative estimate of drug-likeness (QED) is 0.220. The first-order valence-corrected chi connectivity index (χ1v) is 17.1. The summed E-state index contributed by atoms with van der Waals surface area (Å²) in [7, 11) is -1.48. The summed E-state index contributed by atoms with van der Waals surface area (Å²) in [5.74, 6) is 1.06. The predicted molar refractivity (Wildman–Crippen MR) is 151 cm³/mol. The van der Waals surface area contributed by atoms with Gasteiger partial charge in [0.15, 0.2) is 0 Å². The lowest BCUT2D eigenvalue weighted by Gasteiger charge is -2.39. The van der Waals surface area contributed by atoms with Crippen molar-refractivity contribution in [2.75, 3.05) is 18.0 Å². The van der Waals surface area contributed by atoms with Crippen molar-refractivity contribution in [3.05, 3.63) is 69.4 Å². The van der Waals surface area contributed by atoms with Gasteiger partial charge in [-0.3, -0.25) is 0 Å². The number of alkyl halides is 2. The average Bonchev–Trinajstić information content (AvgIpc) is 3.62. The molecule has 1 aliphatic carbocycles. The number of aromatic nitrogens is 1. The molecule has 0 radical (unpaired) electrons. The van der Waals surface area contributed by atoms with Crippen molar-refractivity contribution < 1.29 is 18.0 Å². The Kier molecular flexibility index (Phi) is 7.63. The number of benzene rings is 2. The third-order valence-electron chi connectivity index (χ3n) is 6.74. The largest absolute Gasteiger partial charge is 0.367 e. The van der Waals surface area contributed by atoms with E-state index in [1.165, 1.54) is 0 Å². The summed E-state index contributed by atoms with van der Waals surface area (Å²) in [6, 6.07) is 12.7. The van der Waals surface area contributed by atoms with Gasteiger partial charge in [0, 0.05) is 34.8 Å². The van der Waals surface area contributed by atoms with Crippen LogP contribution in [0.15, 0.2) is 47.0 Å². The van der Waals surface area contributed by atoms with Crippen LogP contribution in [0.5, 0.6) is 0 Å². The maximum atomic E-state index is 15.3. The van der Waals surface area contributed by atoms with Gasteiger partial charge in [0.05, 0.1) is 23.2 Å². The van der Waals surface area contributed by atoms with E-state index < -0.39 is 26.6 Å². The summed E-state index contributed by atoms with van der Waals surface area (Å²) in [6.45, 7) is 6.56. The van der Waals surface area contributed by atoms with E-state index in [1.807, 2.05) is 24.3 Å². The van der Waals surface area contributed by atoms with Crippen molar-refractivity contribution >= 4 is 37.0 Å². The number of piperidine rings is 1. The monoisotopic (exact) mass is 574 g/mol. The van der Waals surface area contributed by atoms with Crippen molar-refractivity contribution in [3.63, 3.8) is 0 Å². The number of anilines is 1. The van der Waals surface area contributed by atoms with E-state index in [-0.39, 0.29) is 18.9 Å². The Hall–Kier alpha value is -2.37. The molecule has 1 aromatic heterocycles. The maximum Gasteiger partial charge on any atom is 0.290 e. The summed E-state index contributed by atoms with van der Waals surface area (Å²) in [5, 5.41) is 5.07. The highest BCUT2D eigenvalue weighted by atomic mass is 35.5. The van der Waals surface area contributed by atoms with Gasteiger partial charge in [-0.2, -0.15) is 0 Å². The molecule has 9 heteroatoms. The van der Waals surface area contributed by atoms with Gasteiger partial charge in [-0.15, -0.1) is 5.54 Å². The lowest BCUT2D eigenvalue weighted by molar-refractivity contribution is -0.148. The molecule has 1 aliphatic heterocycles. The van der Waals surface area contributed by atoms with Gasteiger partial charge in [-0.1, -0.05) is 60.0 Å². The summed E-state index contributed by atoms with van der Waals surface area (Å²) < 4.78 is 42.2. The van der Waals surface area contributed by atoms with E-state index in [0.717, 1.165) is 24.1 Å². The Morgan fingerprint density at radius 1 is 1.08 bits per heavy atom. The van der Waals surface area contributed by atoms with Crippen LogP contribution in [0.25, 0.3) is 11.3 Å². The Labute approximate surface area is 233 Å². The smallest absolute Gasteiger partial charge is 0.290 e. The van der Waals surface area contributed by atoms with Gasteiger partial charge >= 0.3 is 0 Å². The van der Waals surface area contributed by atoms with Crippen LogP contribution in [0.1, 0.15) is 42.1 Å². The van der Waals surface area contributed by atoms with Crippen LogP contribution in [0.3, 0.4) is 0 Å². The molecule has 2 fully saturated rings. The van der Waals surface area contributed by atoms with Gasteiger partial charge in [-0.05, 0) is 55.7 Å². The molecule has 38 heavy (non-hydrogen) atoms. The van der Waals surface area contributed by atoms with Crippen molar-refractivity contribution in [2.45, 2.75) is 63.5 Å². The van der Waals surface area contributed by atoms with Crippen LogP contribution in [0.2, 0.25) is 29.7 Å². The van der Waals surface area contributed by atoms with Gasteiger partial charge in [0.1, 0.15) is 25.6 Å². The molecule has 0 spiro atoms. The van der Waals surface area contributed by atoms with Crippen LogP contribution in [-0.2, 0) is 11.3 Å². The fraction of sp³-hybridized carbons (Fsp3) is 0.414. The summed E-state index contributed by atoms with van der Waals surface area (Å²) >= 11 is 12.8. The molecule has 2 aromatic carbocycles. The van der Waals surface area contributed by atoms with Crippen molar-refractivity contribution in [3.8, 4) is 22.7 Å². The first kappa shape index (κ1) is 27.2. The number of rotatable bonds is 6. The van der Waals surface area contributed by atoms with Crippen LogP contribution >= 0.6 is 23.2 Å². The zero-order valence-electron chi connectivity index (χ0n) is 21.7. The molecule has 4 nitrogen and oxygen atoms in total. The summed E-state index contributed by atoms with van der Waals surface area (Å²) in [6.07, 6.45) is 0.900. The third kappa shape index (κ3) is 6.10. The topological polar surface area (TPSA) is 38.5 Å². The zero-order chi connectivity index (χ0) is 27.1. The van der Waals surface area contributed by atoms with Crippen LogP contribution in [0, 0.1) is 11.5 Å². The fourth-order valence-electron chi connectivity index (χ4n) is 4.59. The van der Waals surface area contributed by atoms with Crippen LogP contribution in [-0.4, -0.2) is 38.3 Å². The molecular weight excluding hydrogens is 545 g/mol. The second-order valence-corrected chi connectivity index (χ2v) is 16.6. The van der Waals surface area contributed by atoms with Crippen molar-refractivity contribution in [1.29, 1.82) is 0 Å². The standard InChI is InChI=1S/C29H30Cl2F2N2O2Si/c1-38(2,3)16-14-19-7-11-21(12-8-19)35-15-13-25(29(32,33)18-35)36-17-22-27(34-37-28(22)20-9-10-20)26-23(30)5-4-6-24(26)31/h4-8,11-12,20,25H,9-10,13,15,17-18H2,1-3H3. The molecule has 2 heterocycles. The molecule has 5 rings (SSSR count). The second kappa shape index (κ2) is 10.7. The summed E-state index contributed by atoms with van der Waals surface area (Å²) in [5.41, 5.74) is 6.63. The van der Waals surface area contributed by atoms with E-state index in [4.69, 9.17) is 32.5 Å². The molecule has 200 valence electrons. The number of hydrogen-bond donors (Lipinski definition) is 0. The minimum Gasteiger partial charge on any atom is -0.367 e. The van der Waals surface area contributed by atoms with E-state index in [1.54, 1.807) is 23.1 Å². The molecule has 0 amide bonds. The molecule has 1 saturated heterocycles. The van der Waals surface area contributed by atoms with Crippen molar-refractivity contribution in [2.24, 2.45) is 0 Å². The highest BCUT2D eigenvalue weighted by molar-refractivity contribution is 6.83. The van der Waals surface area contributed by atoms with E-state index in [9.17, 15) is 0 Å². The van der Waals surface area contributed by atoms with Crippen LogP contribution in [0.4, 0.5) is 14.5 Å². The average molecular weight is 576 g/mol. The molecule has 1 atom stereocenters. The zero-order valence-corrected chi connectivity index (χ0v) is 24.2. The minimum absolute atomic E-state index is 0.0447. The molecule has 2 aliphatic rings. The van der Waals surface area contributed by atoms with Gasteiger partial charge in [-0.25, -0.2) is 8.78 Å². The number of hydrogen-bond acceptors (Lipinski definition) is 4. The van der Waals surface area contributed by atoms with E-state index in [2.05, 4.69) is 36.3 Å². The Morgan fingerprint density at radius 3 is 2.37 bits per heavy atom. The number of nitrogens with zero attached hydrogens (tertiary/aromatic N) is 2. The van der Waals surface area contributed by atoms with E-state index in [0.29, 0.717) is 39.2 Å². The molecule has 1 saturated carbocycles. The Bertz CT molecular complexity index is 1350. The molecule has 0 bridgehead atoms. The lowest BCUT2D eigenvalue weighted by atomic mass is 10.0. The van der Waals surface area contributed by atoms with Crippen LogP contribution < -0.4 is 4.90 Å². The fourth-order valence-corrected chi connectivity index (χ4v) is 5.69. The maximum absolute atomic E-state index is 15.3. The predicted octanol–water partition coefficient (Wildman–Crippen LogP) is 8.19. The molecular formula is C29H30Cl2F2N2O2Si. The summed E-state index contributed by atoms with van der Waals surface area (Å²) in [4.78, 5) is 1.71. The van der Waals surface area contributed by atoms with Gasteiger partial charge in [0.25, 0.3) is 5.92 Å². The second-order valence-electron chi connectivity index (χ2n) is 11.1. The normalized spacial score (nSPS) is 19.2. The lowest BCUT2D eigenvalue weighted by Crippen LogP contribution is -2.52. The molecule has 0 N–H and O–H groups in total. The third-order valence-corrected chi connectivity index (χ3v) is 8.25. The highest BCUT2D eigenvalue weighted by Gasteiger charge is 2.46. The van der Waals surface area contributed by atoms with E-state index >= 15 is 8.78 Å². The first-order chi connectivity index (χ1) is 18.0.